The van der Waals surface area contributed by atoms with Crippen molar-refractivity contribution in [1.29, 1.82) is 0 Å². The molecule has 1 fully saturated rings. The van der Waals surface area contributed by atoms with Crippen LogP contribution < -0.4 is 0 Å². The molecule has 10 nitrogen and oxygen atoms in total. The van der Waals surface area contributed by atoms with Crippen LogP contribution in [0.1, 0.15) is 34.1 Å². The fraction of sp³-hybridized carbons (Fsp3) is 0.636. The molecule has 2 aromatic rings. The Labute approximate surface area is 202 Å². The Kier molecular flexibility index (Phi) is 7.83. The van der Waals surface area contributed by atoms with Gasteiger partial charge in [0, 0.05) is 19.0 Å². The molecule has 1 aromatic carbocycles. The number of benzene rings is 1. The standard InChI is InChI=1S/C22H35N5O5SSi/c1-17(16-33(29,30)20-23-24-25-27(20)18-10-8-7-9-11-18)15-31-21(28)26-13-12-19(14-26)32-34(5,6)22(2,3)4/h7-11,17,19H,12-16H2,1-6H3/t17-,19?/m0/s1. The Bertz CT molecular complexity index is 1080. The molecule has 34 heavy (non-hydrogen) atoms. The molecule has 2 atom stereocenters. The van der Waals surface area contributed by atoms with Gasteiger partial charge in [0.05, 0.1) is 24.2 Å². The van der Waals surface area contributed by atoms with Gasteiger partial charge in [-0.1, -0.05) is 51.0 Å². The third-order valence-corrected chi connectivity index (χ3v) is 12.7. The number of hydrogen-bond acceptors (Lipinski definition) is 8. The average Bonchev–Trinajstić information content (AvgIpc) is 3.41. The number of carbonyl (C=O) groups is 1. The number of sulfone groups is 1. The summed E-state index contributed by atoms with van der Waals surface area (Å²) in [4.78, 5) is 14.2. The Morgan fingerprint density at radius 1 is 1.24 bits per heavy atom. The molecule has 0 bridgehead atoms. The summed E-state index contributed by atoms with van der Waals surface area (Å²) >= 11 is 0. The monoisotopic (exact) mass is 509 g/mol. The second-order valence-electron chi connectivity index (χ2n) is 10.4. The molecule has 0 radical (unpaired) electrons. The summed E-state index contributed by atoms with van der Waals surface area (Å²) in [5, 5.41) is 10.9. The molecular weight excluding hydrogens is 474 g/mol. The predicted molar refractivity (Wildman–Crippen MR) is 130 cm³/mol. The van der Waals surface area contributed by atoms with E-state index in [-0.39, 0.29) is 28.7 Å². The zero-order valence-corrected chi connectivity index (χ0v) is 22.6. The Balaban J connectivity index is 1.52. The lowest BCUT2D eigenvalue weighted by Gasteiger charge is -2.38. The van der Waals surface area contributed by atoms with Crippen LogP contribution in [0, 0.1) is 5.92 Å². The van der Waals surface area contributed by atoms with Gasteiger partial charge in [-0.3, -0.25) is 0 Å². The van der Waals surface area contributed by atoms with Crippen molar-refractivity contribution in [3.05, 3.63) is 30.3 Å². The Morgan fingerprint density at radius 3 is 2.56 bits per heavy atom. The van der Waals surface area contributed by atoms with Crippen LogP contribution >= 0.6 is 0 Å². The van der Waals surface area contributed by atoms with Crippen molar-refractivity contribution in [3.63, 3.8) is 0 Å². The van der Waals surface area contributed by atoms with E-state index in [0.29, 0.717) is 18.8 Å². The van der Waals surface area contributed by atoms with Crippen LogP contribution in [0.5, 0.6) is 0 Å². The van der Waals surface area contributed by atoms with Crippen molar-refractivity contribution >= 4 is 24.2 Å². The number of amides is 1. The van der Waals surface area contributed by atoms with Crippen LogP contribution in [-0.4, -0.2) is 79.5 Å². The van der Waals surface area contributed by atoms with Gasteiger partial charge in [0.2, 0.25) is 9.84 Å². The van der Waals surface area contributed by atoms with Gasteiger partial charge in [0.15, 0.2) is 8.32 Å². The first-order valence-electron chi connectivity index (χ1n) is 11.5. The summed E-state index contributed by atoms with van der Waals surface area (Å²) < 4.78 is 38.9. The highest BCUT2D eigenvalue weighted by Gasteiger charge is 2.41. The molecule has 1 amide bonds. The number of para-hydroxylation sites is 1. The molecule has 1 aromatic heterocycles. The molecule has 1 unspecified atom stereocenters. The summed E-state index contributed by atoms with van der Waals surface area (Å²) in [6.07, 6.45) is 0.330. The smallest absolute Gasteiger partial charge is 0.409 e. The second kappa shape index (κ2) is 10.1. The second-order valence-corrected chi connectivity index (χ2v) is 17.1. The minimum absolute atomic E-state index is 0.00286. The first-order valence-corrected chi connectivity index (χ1v) is 16.0. The van der Waals surface area contributed by atoms with Gasteiger partial charge in [-0.05, 0) is 47.1 Å². The molecule has 188 valence electrons. The molecule has 1 saturated heterocycles. The molecule has 3 rings (SSSR count). The highest BCUT2D eigenvalue weighted by molar-refractivity contribution is 7.91. The number of rotatable bonds is 8. The zero-order valence-electron chi connectivity index (χ0n) is 20.8. The maximum absolute atomic E-state index is 12.9. The van der Waals surface area contributed by atoms with Gasteiger partial charge in [0.1, 0.15) is 0 Å². The predicted octanol–water partition coefficient (Wildman–Crippen LogP) is 3.30. The van der Waals surface area contributed by atoms with E-state index >= 15 is 0 Å². The number of carbonyl (C=O) groups excluding carboxylic acids is 1. The fourth-order valence-electron chi connectivity index (χ4n) is 3.49. The van der Waals surface area contributed by atoms with Crippen LogP contribution in [0.15, 0.2) is 35.5 Å². The van der Waals surface area contributed by atoms with Crippen LogP contribution in [0.4, 0.5) is 4.79 Å². The largest absolute Gasteiger partial charge is 0.449 e. The van der Waals surface area contributed by atoms with E-state index in [1.807, 2.05) is 6.07 Å². The van der Waals surface area contributed by atoms with E-state index in [1.54, 1.807) is 36.1 Å². The highest BCUT2D eigenvalue weighted by atomic mass is 32.2. The molecule has 1 aliphatic rings. The average molecular weight is 510 g/mol. The molecule has 0 spiro atoms. The summed E-state index contributed by atoms with van der Waals surface area (Å²) in [7, 11) is -5.72. The third-order valence-electron chi connectivity index (χ3n) is 6.39. The van der Waals surface area contributed by atoms with E-state index in [1.165, 1.54) is 4.68 Å². The number of aromatic nitrogens is 4. The van der Waals surface area contributed by atoms with E-state index in [0.717, 1.165) is 6.42 Å². The van der Waals surface area contributed by atoms with Gasteiger partial charge in [-0.25, -0.2) is 13.2 Å². The molecule has 12 heteroatoms. The van der Waals surface area contributed by atoms with Gasteiger partial charge in [-0.15, -0.1) is 0 Å². The molecule has 1 aliphatic heterocycles. The normalized spacial score (nSPS) is 18.2. The number of likely N-dealkylation sites (tertiary alicyclic amines) is 1. The first kappa shape index (κ1) is 26.3. The topological polar surface area (TPSA) is 117 Å². The van der Waals surface area contributed by atoms with Crippen LogP contribution in [0.25, 0.3) is 5.69 Å². The van der Waals surface area contributed by atoms with Crippen molar-refractivity contribution in [2.75, 3.05) is 25.4 Å². The van der Waals surface area contributed by atoms with Gasteiger partial charge in [0.25, 0.3) is 5.16 Å². The van der Waals surface area contributed by atoms with Crippen molar-refractivity contribution in [2.24, 2.45) is 5.92 Å². The van der Waals surface area contributed by atoms with Crippen molar-refractivity contribution in [2.45, 2.75) is 63.5 Å². The molecule has 2 heterocycles. The van der Waals surface area contributed by atoms with Crippen molar-refractivity contribution in [1.82, 2.24) is 25.1 Å². The molecule has 0 aliphatic carbocycles. The first-order chi connectivity index (χ1) is 15.8. The molecule has 0 saturated carbocycles. The highest BCUT2D eigenvalue weighted by Crippen LogP contribution is 2.38. The fourth-order valence-corrected chi connectivity index (χ4v) is 6.43. The van der Waals surface area contributed by atoms with E-state index in [2.05, 4.69) is 49.4 Å². The van der Waals surface area contributed by atoms with E-state index in [9.17, 15) is 13.2 Å². The molecule has 0 N–H and O–H groups in total. The summed E-state index contributed by atoms with van der Waals surface area (Å²) in [6, 6.07) is 8.81. The van der Waals surface area contributed by atoms with Crippen LogP contribution in [0.2, 0.25) is 18.1 Å². The lowest BCUT2D eigenvalue weighted by molar-refractivity contribution is 0.0942. The van der Waals surface area contributed by atoms with Crippen LogP contribution in [0.3, 0.4) is 0 Å². The van der Waals surface area contributed by atoms with E-state index in [4.69, 9.17) is 9.16 Å². The minimum atomic E-state index is -3.80. The summed E-state index contributed by atoms with van der Waals surface area (Å²) in [6.45, 7) is 13.7. The Hall–Kier alpha value is -2.31. The lowest BCUT2D eigenvalue weighted by Crippen LogP contribution is -2.44. The van der Waals surface area contributed by atoms with E-state index < -0.39 is 30.2 Å². The minimum Gasteiger partial charge on any atom is -0.449 e. The molecular formula is C22H35N5O5SSi. The lowest BCUT2D eigenvalue weighted by atomic mass is 10.2. The summed E-state index contributed by atoms with van der Waals surface area (Å²) in [5.41, 5.74) is 0.550. The Morgan fingerprint density at radius 2 is 1.91 bits per heavy atom. The van der Waals surface area contributed by atoms with Gasteiger partial charge < -0.3 is 14.1 Å². The number of tetrazole rings is 1. The third kappa shape index (κ3) is 6.22. The zero-order chi connectivity index (χ0) is 25.1. The number of nitrogens with zero attached hydrogens (tertiary/aromatic N) is 5. The van der Waals surface area contributed by atoms with Gasteiger partial charge in [-0.2, -0.15) is 4.68 Å². The van der Waals surface area contributed by atoms with Crippen molar-refractivity contribution < 1.29 is 22.4 Å². The number of ether oxygens (including phenoxy) is 1. The number of hydrogen-bond donors (Lipinski definition) is 0. The van der Waals surface area contributed by atoms with Crippen LogP contribution in [-0.2, 0) is 19.0 Å². The maximum atomic E-state index is 12.9. The summed E-state index contributed by atoms with van der Waals surface area (Å²) in [5.74, 6) is -0.679. The SMILES string of the molecule is C[C@@H](COC(=O)N1CCC(O[Si](C)(C)C(C)(C)C)C1)CS(=O)(=O)c1nnnn1-c1ccccc1. The van der Waals surface area contributed by atoms with Gasteiger partial charge >= 0.3 is 6.09 Å². The van der Waals surface area contributed by atoms with Crippen molar-refractivity contribution in [3.8, 4) is 5.69 Å². The quantitative estimate of drug-likeness (QED) is 0.498. The maximum Gasteiger partial charge on any atom is 0.409 e.